The van der Waals surface area contributed by atoms with Gasteiger partial charge in [0.2, 0.25) is 23.6 Å². The third-order valence-corrected chi connectivity index (χ3v) is 3.18. The summed E-state index contributed by atoms with van der Waals surface area (Å²) in [5.41, 5.74) is 10.3. The summed E-state index contributed by atoms with van der Waals surface area (Å²) in [5.74, 6) is -4.37. The van der Waals surface area contributed by atoms with Crippen LogP contribution in [0.25, 0.3) is 0 Å². The predicted molar refractivity (Wildman–Crippen MR) is 86.8 cm³/mol. The molecule has 3 atom stereocenters. The maximum absolute atomic E-state index is 11.9. The lowest BCUT2D eigenvalue weighted by Gasteiger charge is -2.21. The lowest BCUT2D eigenvalue weighted by molar-refractivity contribution is -0.143. The molecule has 11 nitrogen and oxygen atoms in total. The molecule has 0 aromatic rings. The van der Waals surface area contributed by atoms with Gasteiger partial charge in [0.05, 0.1) is 19.0 Å². The highest BCUT2D eigenvalue weighted by Crippen LogP contribution is 2.02. The average molecular weight is 359 g/mol. The maximum Gasteiger partial charge on any atom is 0.326 e. The van der Waals surface area contributed by atoms with Crippen LogP contribution in [0.2, 0.25) is 0 Å². The molecule has 0 aliphatic carbocycles. The molecule has 3 unspecified atom stereocenters. The number of amides is 4. The molecular formula is C14H25N5O6. The van der Waals surface area contributed by atoms with E-state index in [1.165, 1.54) is 6.92 Å². The van der Waals surface area contributed by atoms with Crippen molar-refractivity contribution < 1.29 is 29.1 Å². The van der Waals surface area contributed by atoms with Crippen molar-refractivity contribution in [3.05, 3.63) is 0 Å². The van der Waals surface area contributed by atoms with Gasteiger partial charge in [0.1, 0.15) is 12.1 Å². The smallest absolute Gasteiger partial charge is 0.326 e. The van der Waals surface area contributed by atoms with Gasteiger partial charge in [-0.25, -0.2) is 4.79 Å². The standard InChI is InChI=1S/C14H25N5O6/c1-6(2)11(14(24)25)19-12(22)7(3)18-10(21)5-17-13(23)8(15)4-9(16)20/h6-8,11H,4-5,15H2,1-3H3,(H2,16,20)(H,17,23)(H,18,21)(H,19,22)(H,24,25). The summed E-state index contributed by atoms with van der Waals surface area (Å²) in [7, 11) is 0. The topological polar surface area (TPSA) is 194 Å². The summed E-state index contributed by atoms with van der Waals surface area (Å²) < 4.78 is 0. The molecule has 0 aromatic heterocycles. The van der Waals surface area contributed by atoms with E-state index < -0.39 is 54.3 Å². The van der Waals surface area contributed by atoms with Crippen LogP contribution in [0, 0.1) is 5.92 Å². The minimum absolute atomic E-state index is 0.338. The van der Waals surface area contributed by atoms with Crippen LogP contribution in [-0.2, 0) is 24.0 Å². The molecule has 0 aliphatic rings. The van der Waals surface area contributed by atoms with Crippen molar-refractivity contribution in [2.24, 2.45) is 17.4 Å². The van der Waals surface area contributed by atoms with E-state index in [1.807, 2.05) is 0 Å². The number of carboxylic acids is 1. The second-order valence-corrected chi connectivity index (χ2v) is 5.85. The van der Waals surface area contributed by atoms with E-state index >= 15 is 0 Å². The van der Waals surface area contributed by atoms with Gasteiger partial charge in [0.25, 0.3) is 0 Å². The Morgan fingerprint density at radius 2 is 1.56 bits per heavy atom. The van der Waals surface area contributed by atoms with Gasteiger partial charge in [-0.05, 0) is 12.8 Å². The van der Waals surface area contributed by atoms with Gasteiger partial charge in [-0.1, -0.05) is 13.8 Å². The number of primary amides is 1. The highest BCUT2D eigenvalue weighted by atomic mass is 16.4. The van der Waals surface area contributed by atoms with Crippen molar-refractivity contribution in [1.82, 2.24) is 16.0 Å². The number of aliphatic carboxylic acids is 1. The Balaban J connectivity index is 4.41. The van der Waals surface area contributed by atoms with Crippen molar-refractivity contribution in [1.29, 1.82) is 0 Å². The van der Waals surface area contributed by atoms with Crippen LogP contribution in [0.3, 0.4) is 0 Å². The van der Waals surface area contributed by atoms with E-state index in [1.54, 1.807) is 13.8 Å². The van der Waals surface area contributed by atoms with E-state index in [0.29, 0.717) is 0 Å². The van der Waals surface area contributed by atoms with E-state index in [-0.39, 0.29) is 12.3 Å². The first-order valence-corrected chi connectivity index (χ1v) is 7.59. The van der Waals surface area contributed by atoms with Gasteiger partial charge >= 0.3 is 5.97 Å². The minimum Gasteiger partial charge on any atom is -0.480 e. The van der Waals surface area contributed by atoms with Crippen LogP contribution < -0.4 is 27.4 Å². The number of hydrogen-bond acceptors (Lipinski definition) is 6. The summed E-state index contributed by atoms with van der Waals surface area (Å²) >= 11 is 0. The van der Waals surface area contributed by atoms with Gasteiger partial charge in [0, 0.05) is 0 Å². The first-order valence-electron chi connectivity index (χ1n) is 7.59. The molecule has 0 bridgehead atoms. The number of nitrogens with one attached hydrogen (secondary N) is 3. The number of hydrogen-bond donors (Lipinski definition) is 6. The largest absolute Gasteiger partial charge is 0.480 e. The van der Waals surface area contributed by atoms with E-state index in [4.69, 9.17) is 16.6 Å². The fraction of sp³-hybridized carbons (Fsp3) is 0.643. The summed E-state index contributed by atoms with van der Waals surface area (Å²) in [6.07, 6.45) is -0.363. The normalized spacial score (nSPS) is 14.1. The Hall–Kier alpha value is -2.69. The third-order valence-electron chi connectivity index (χ3n) is 3.18. The number of nitrogens with two attached hydrogens (primary N) is 2. The predicted octanol–water partition coefficient (Wildman–Crippen LogP) is -2.96. The van der Waals surface area contributed by atoms with Gasteiger partial charge in [0.15, 0.2) is 0 Å². The Morgan fingerprint density at radius 3 is 2.00 bits per heavy atom. The fourth-order valence-electron chi connectivity index (χ4n) is 1.76. The molecule has 4 amide bonds. The highest BCUT2D eigenvalue weighted by Gasteiger charge is 2.26. The van der Waals surface area contributed by atoms with Gasteiger partial charge in [-0.15, -0.1) is 0 Å². The molecule has 142 valence electrons. The van der Waals surface area contributed by atoms with Crippen LogP contribution in [-0.4, -0.2) is 59.4 Å². The van der Waals surface area contributed by atoms with Crippen molar-refractivity contribution >= 4 is 29.6 Å². The van der Waals surface area contributed by atoms with Crippen LogP contribution in [0.15, 0.2) is 0 Å². The molecule has 0 aromatic carbocycles. The first-order chi connectivity index (χ1) is 11.5. The van der Waals surface area contributed by atoms with Crippen molar-refractivity contribution in [3.63, 3.8) is 0 Å². The molecule has 0 fully saturated rings. The molecular weight excluding hydrogens is 334 g/mol. The SMILES string of the molecule is CC(NC(=O)CNC(=O)C(N)CC(N)=O)C(=O)NC(C(=O)O)C(C)C. The molecule has 25 heavy (non-hydrogen) atoms. The highest BCUT2D eigenvalue weighted by molar-refractivity contribution is 5.93. The molecule has 0 heterocycles. The zero-order valence-electron chi connectivity index (χ0n) is 14.4. The van der Waals surface area contributed by atoms with Crippen LogP contribution in [0.1, 0.15) is 27.2 Å². The lowest BCUT2D eigenvalue weighted by Crippen LogP contribution is -2.53. The molecule has 0 rings (SSSR count). The second-order valence-electron chi connectivity index (χ2n) is 5.85. The molecule has 0 spiro atoms. The van der Waals surface area contributed by atoms with E-state index in [9.17, 15) is 24.0 Å². The average Bonchev–Trinajstić information content (AvgIpc) is 2.48. The fourth-order valence-corrected chi connectivity index (χ4v) is 1.76. The zero-order chi connectivity index (χ0) is 19.7. The Bertz CT molecular complexity index is 536. The lowest BCUT2D eigenvalue weighted by atomic mass is 10.0. The third kappa shape index (κ3) is 8.65. The van der Waals surface area contributed by atoms with E-state index in [0.717, 1.165) is 0 Å². The second kappa shape index (κ2) is 10.2. The summed E-state index contributed by atoms with van der Waals surface area (Å²) in [6.45, 7) is 4.17. The molecule has 11 heteroatoms. The molecule has 0 saturated heterocycles. The van der Waals surface area contributed by atoms with Crippen molar-refractivity contribution in [3.8, 4) is 0 Å². The number of carbonyl (C=O) groups excluding carboxylic acids is 4. The van der Waals surface area contributed by atoms with Crippen LogP contribution in [0.4, 0.5) is 0 Å². The van der Waals surface area contributed by atoms with Gasteiger partial charge < -0.3 is 32.5 Å². The van der Waals surface area contributed by atoms with E-state index in [2.05, 4.69) is 16.0 Å². The molecule has 0 aliphatic heterocycles. The van der Waals surface area contributed by atoms with Crippen LogP contribution >= 0.6 is 0 Å². The zero-order valence-corrected chi connectivity index (χ0v) is 14.4. The number of rotatable bonds is 10. The summed E-state index contributed by atoms with van der Waals surface area (Å²) in [6, 6.07) is -3.27. The maximum atomic E-state index is 11.9. The Labute approximate surface area is 144 Å². The minimum atomic E-state index is -1.18. The summed E-state index contributed by atoms with van der Waals surface area (Å²) in [5, 5.41) is 15.8. The molecule has 0 radical (unpaired) electrons. The number of carbonyl (C=O) groups is 5. The quantitative estimate of drug-likeness (QED) is 0.239. The van der Waals surface area contributed by atoms with Gasteiger partial charge in [-0.3, -0.25) is 19.2 Å². The Kier molecular flexibility index (Phi) is 9.13. The Morgan fingerprint density at radius 1 is 1.00 bits per heavy atom. The van der Waals surface area contributed by atoms with Crippen molar-refractivity contribution in [2.45, 2.75) is 45.3 Å². The molecule has 0 saturated carbocycles. The van der Waals surface area contributed by atoms with Crippen LogP contribution in [0.5, 0.6) is 0 Å². The van der Waals surface area contributed by atoms with Gasteiger partial charge in [-0.2, -0.15) is 0 Å². The van der Waals surface area contributed by atoms with Crippen molar-refractivity contribution in [2.75, 3.05) is 6.54 Å². The number of carboxylic acid groups (broad SMARTS) is 1. The summed E-state index contributed by atoms with van der Waals surface area (Å²) in [4.78, 5) is 56.9. The first kappa shape index (κ1) is 22.3. The monoisotopic (exact) mass is 359 g/mol. The molecule has 8 N–H and O–H groups in total.